The van der Waals surface area contributed by atoms with Crippen molar-refractivity contribution in [1.82, 2.24) is 14.2 Å². The molecule has 1 aromatic rings. The summed E-state index contributed by atoms with van der Waals surface area (Å²) in [5.74, 6) is 0.269. The van der Waals surface area contributed by atoms with Crippen LogP contribution in [-0.2, 0) is 21.4 Å². The second-order valence-electron chi connectivity index (χ2n) is 7.19. The number of amides is 1. The van der Waals surface area contributed by atoms with Crippen LogP contribution in [0.15, 0.2) is 24.5 Å². The standard InChI is InChI=1S/C18H27N3O3S/c1-20(13-15-8-10-19-11-9-15)25(23,24)17-7-4-12-21(14-17)18(22)16-5-2-3-6-16/h8-11,16-17H,2-7,12-14H2,1H3/t17-/m1/s1. The lowest BCUT2D eigenvalue weighted by Crippen LogP contribution is -2.49. The van der Waals surface area contributed by atoms with E-state index in [1.807, 2.05) is 12.1 Å². The van der Waals surface area contributed by atoms with Crippen LogP contribution in [0.25, 0.3) is 0 Å². The van der Waals surface area contributed by atoms with Gasteiger partial charge in [-0.05, 0) is 43.4 Å². The fourth-order valence-corrected chi connectivity index (χ4v) is 5.57. The minimum Gasteiger partial charge on any atom is -0.341 e. The topological polar surface area (TPSA) is 70.6 Å². The predicted octanol–water partition coefficient (Wildman–Crippen LogP) is 2.02. The van der Waals surface area contributed by atoms with Crippen LogP contribution in [0.5, 0.6) is 0 Å². The Morgan fingerprint density at radius 1 is 1.20 bits per heavy atom. The van der Waals surface area contributed by atoms with E-state index in [-0.39, 0.29) is 11.8 Å². The lowest BCUT2D eigenvalue weighted by molar-refractivity contribution is -0.136. The van der Waals surface area contributed by atoms with Crippen LogP contribution in [0.2, 0.25) is 0 Å². The van der Waals surface area contributed by atoms with Crippen LogP contribution in [0, 0.1) is 5.92 Å². The van der Waals surface area contributed by atoms with Crippen molar-refractivity contribution in [2.24, 2.45) is 5.92 Å². The maximum Gasteiger partial charge on any atom is 0.225 e. The molecular weight excluding hydrogens is 338 g/mol. The van der Waals surface area contributed by atoms with Crippen molar-refractivity contribution in [3.63, 3.8) is 0 Å². The molecule has 2 aliphatic rings. The molecule has 0 N–H and O–H groups in total. The zero-order valence-electron chi connectivity index (χ0n) is 14.8. The molecule has 3 rings (SSSR count). The van der Waals surface area contributed by atoms with E-state index in [1.165, 1.54) is 4.31 Å². The van der Waals surface area contributed by atoms with Gasteiger partial charge in [-0.2, -0.15) is 0 Å². The van der Waals surface area contributed by atoms with Gasteiger partial charge >= 0.3 is 0 Å². The minimum atomic E-state index is -3.43. The van der Waals surface area contributed by atoms with Crippen molar-refractivity contribution in [2.75, 3.05) is 20.1 Å². The molecule has 1 aliphatic heterocycles. The third-order valence-electron chi connectivity index (χ3n) is 5.40. The molecule has 1 aromatic heterocycles. The highest BCUT2D eigenvalue weighted by molar-refractivity contribution is 7.89. The fourth-order valence-electron chi connectivity index (χ4n) is 3.90. The van der Waals surface area contributed by atoms with E-state index in [2.05, 4.69) is 4.98 Å². The Balaban J connectivity index is 1.65. The molecule has 0 unspecified atom stereocenters. The summed E-state index contributed by atoms with van der Waals surface area (Å²) in [6.07, 6.45) is 8.84. The molecule has 7 heteroatoms. The zero-order chi connectivity index (χ0) is 17.9. The lowest BCUT2D eigenvalue weighted by Gasteiger charge is -2.35. The molecule has 0 radical (unpaired) electrons. The molecule has 1 amide bonds. The Kier molecular flexibility index (Phi) is 5.74. The van der Waals surface area contributed by atoms with E-state index >= 15 is 0 Å². The summed E-state index contributed by atoms with van der Waals surface area (Å²) in [7, 11) is -1.81. The van der Waals surface area contributed by atoms with Crippen molar-refractivity contribution in [3.05, 3.63) is 30.1 Å². The first kappa shape index (κ1) is 18.3. The molecule has 0 bridgehead atoms. The Labute approximate surface area is 150 Å². The number of carbonyl (C=O) groups is 1. The van der Waals surface area contributed by atoms with Crippen LogP contribution < -0.4 is 0 Å². The molecule has 0 aromatic carbocycles. The van der Waals surface area contributed by atoms with E-state index in [0.717, 1.165) is 37.7 Å². The average molecular weight is 365 g/mol. The molecule has 1 aliphatic carbocycles. The molecule has 138 valence electrons. The Bertz CT molecular complexity index is 687. The van der Waals surface area contributed by atoms with Gasteiger partial charge in [-0.25, -0.2) is 12.7 Å². The molecule has 0 spiro atoms. The number of pyridine rings is 1. The van der Waals surface area contributed by atoms with Gasteiger partial charge in [0.15, 0.2) is 0 Å². The van der Waals surface area contributed by atoms with Crippen molar-refractivity contribution in [3.8, 4) is 0 Å². The Morgan fingerprint density at radius 3 is 2.56 bits per heavy atom. The highest BCUT2D eigenvalue weighted by Crippen LogP contribution is 2.29. The third-order valence-corrected chi connectivity index (χ3v) is 7.63. The lowest BCUT2D eigenvalue weighted by atomic mass is 10.0. The Hall–Kier alpha value is -1.47. The summed E-state index contributed by atoms with van der Waals surface area (Å²) in [4.78, 5) is 18.4. The van der Waals surface area contributed by atoms with Gasteiger partial charge in [0, 0.05) is 45.0 Å². The van der Waals surface area contributed by atoms with Crippen molar-refractivity contribution in [2.45, 2.75) is 50.3 Å². The van der Waals surface area contributed by atoms with Crippen molar-refractivity contribution >= 4 is 15.9 Å². The normalized spacial score (nSPS) is 22.5. The first-order valence-corrected chi connectivity index (χ1v) is 10.6. The summed E-state index contributed by atoms with van der Waals surface area (Å²) in [5.41, 5.74) is 0.913. The first-order chi connectivity index (χ1) is 12.0. The zero-order valence-corrected chi connectivity index (χ0v) is 15.6. The van der Waals surface area contributed by atoms with E-state index in [9.17, 15) is 13.2 Å². The predicted molar refractivity (Wildman–Crippen MR) is 96.2 cm³/mol. The maximum absolute atomic E-state index is 13.0. The quantitative estimate of drug-likeness (QED) is 0.800. The van der Waals surface area contributed by atoms with Crippen LogP contribution in [0.4, 0.5) is 0 Å². The SMILES string of the molecule is CN(Cc1ccncc1)S(=O)(=O)[C@@H]1CCCN(C(=O)C2CCCC2)C1. The summed E-state index contributed by atoms with van der Waals surface area (Å²) < 4.78 is 27.3. The molecule has 1 saturated carbocycles. The van der Waals surface area contributed by atoms with Gasteiger partial charge in [-0.3, -0.25) is 9.78 Å². The van der Waals surface area contributed by atoms with E-state index in [4.69, 9.17) is 0 Å². The van der Waals surface area contributed by atoms with Crippen LogP contribution in [0.1, 0.15) is 44.1 Å². The molecule has 6 nitrogen and oxygen atoms in total. The number of piperidine rings is 1. The van der Waals surface area contributed by atoms with E-state index in [1.54, 1.807) is 24.3 Å². The molecule has 2 heterocycles. The third kappa shape index (κ3) is 4.20. The average Bonchev–Trinajstić information content (AvgIpc) is 3.16. The van der Waals surface area contributed by atoms with Gasteiger partial charge in [0.05, 0.1) is 5.25 Å². The summed E-state index contributed by atoms with van der Waals surface area (Å²) in [6.45, 7) is 1.35. The summed E-state index contributed by atoms with van der Waals surface area (Å²) >= 11 is 0. The fraction of sp³-hybridized carbons (Fsp3) is 0.667. The van der Waals surface area contributed by atoms with Gasteiger partial charge in [0.25, 0.3) is 0 Å². The van der Waals surface area contributed by atoms with Crippen LogP contribution in [0.3, 0.4) is 0 Å². The van der Waals surface area contributed by atoms with Crippen LogP contribution >= 0.6 is 0 Å². The smallest absolute Gasteiger partial charge is 0.225 e. The number of rotatable bonds is 5. The largest absolute Gasteiger partial charge is 0.341 e. The maximum atomic E-state index is 13.0. The number of nitrogens with zero attached hydrogens (tertiary/aromatic N) is 3. The molecule has 2 fully saturated rings. The van der Waals surface area contributed by atoms with Crippen LogP contribution in [-0.4, -0.2) is 53.9 Å². The second-order valence-corrected chi connectivity index (χ2v) is 9.51. The molecule has 1 saturated heterocycles. The number of likely N-dealkylation sites (tertiary alicyclic amines) is 1. The Morgan fingerprint density at radius 2 is 1.88 bits per heavy atom. The molecule has 1 atom stereocenters. The second kappa shape index (κ2) is 7.83. The highest BCUT2D eigenvalue weighted by atomic mass is 32.2. The number of sulfonamides is 1. The van der Waals surface area contributed by atoms with Gasteiger partial charge in [-0.1, -0.05) is 12.8 Å². The van der Waals surface area contributed by atoms with Gasteiger partial charge < -0.3 is 4.90 Å². The first-order valence-electron chi connectivity index (χ1n) is 9.11. The van der Waals surface area contributed by atoms with Crippen molar-refractivity contribution in [1.29, 1.82) is 0 Å². The number of carbonyl (C=O) groups excluding carboxylic acids is 1. The number of hydrogen-bond donors (Lipinski definition) is 0. The van der Waals surface area contributed by atoms with Gasteiger partial charge in [0.2, 0.25) is 15.9 Å². The highest BCUT2D eigenvalue weighted by Gasteiger charge is 2.37. The van der Waals surface area contributed by atoms with Gasteiger partial charge in [-0.15, -0.1) is 0 Å². The van der Waals surface area contributed by atoms with Crippen molar-refractivity contribution < 1.29 is 13.2 Å². The summed E-state index contributed by atoms with van der Waals surface area (Å²) in [6, 6.07) is 3.64. The van der Waals surface area contributed by atoms with Gasteiger partial charge in [0.1, 0.15) is 0 Å². The monoisotopic (exact) mass is 365 g/mol. The minimum absolute atomic E-state index is 0.107. The molecular formula is C18H27N3O3S. The number of hydrogen-bond acceptors (Lipinski definition) is 4. The number of aromatic nitrogens is 1. The van der Waals surface area contributed by atoms with E-state index < -0.39 is 15.3 Å². The van der Waals surface area contributed by atoms with E-state index in [0.29, 0.717) is 26.1 Å². The molecule has 25 heavy (non-hydrogen) atoms. The summed E-state index contributed by atoms with van der Waals surface area (Å²) in [5, 5.41) is -0.501.